The minimum absolute atomic E-state index is 0. The van der Waals surface area contributed by atoms with Gasteiger partial charge < -0.3 is 1.43 Å². The summed E-state index contributed by atoms with van der Waals surface area (Å²) in [5.74, 6) is 0. The summed E-state index contributed by atoms with van der Waals surface area (Å²) in [6.07, 6.45) is 0. The third-order valence-corrected chi connectivity index (χ3v) is 7.76. The summed E-state index contributed by atoms with van der Waals surface area (Å²) in [5, 5.41) is 3.53. The zero-order valence-corrected chi connectivity index (χ0v) is 16.8. The smallest absolute Gasteiger partial charge is 1.00 e. The summed E-state index contributed by atoms with van der Waals surface area (Å²) in [7, 11) is -5.00. The summed E-state index contributed by atoms with van der Waals surface area (Å²) >= 11 is 0. The van der Waals surface area contributed by atoms with Gasteiger partial charge in [-0.15, -0.1) is 0 Å². The van der Waals surface area contributed by atoms with Crippen molar-refractivity contribution in [1.29, 1.82) is 0 Å². The third kappa shape index (κ3) is 4.46. The largest absolute Gasteiger partial charge is 1.00 e. The molecule has 0 aliphatic heterocycles. The zero-order chi connectivity index (χ0) is 18.0. The maximum absolute atomic E-state index is 11.3. The molecule has 0 unspecified atom stereocenters. The minimum atomic E-state index is -4.18. The van der Waals surface area contributed by atoms with E-state index in [0.29, 0.717) is 0 Å². The molecule has 0 saturated carbocycles. The van der Waals surface area contributed by atoms with Gasteiger partial charge in [-0.05, 0) is 60.9 Å². The fraction of sp³-hybridized carbons (Fsp3) is 0.100. The Balaban J connectivity index is 0.00000182. The van der Waals surface area contributed by atoms with Crippen molar-refractivity contribution in [3.63, 3.8) is 0 Å². The van der Waals surface area contributed by atoms with Gasteiger partial charge in [-0.2, -0.15) is 8.42 Å². The summed E-state index contributed by atoms with van der Waals surface area (Å²) in [5.41, 5.74) is 2.41. The van der Waals surface area contributed by atoms with Gasteiger partial charge in [0.05, 0.1) is 4.90 Å². The van der Waals surface area contributed by atoms with Crippen LogP contribution in [-0.4, -0.2) is 13.0 Å². The van der Waals surface area contributed by atoms with E-state index in [9.17, 15) is 13.0 Å². The predicted octanol–water partition coefficient (Wildman–Crippen LogP) is 0.425. The fourth-order valence-electron chi connectivity index (χ4n) is 2.80. The van der Waals surface area contributed by atoms with Crippen LogP contribution in [0.25, 0.3) is 0 Å². The molecule has 0 fully saturated rings. The van der Waals surface area contributed by atoms with Crippen molar-refractivity contribution in [1.82, 2.24) is 0 Å². The summed E-state index contributed by atoms with van der Waals surface area (Å²) < 4.78 is 31.9. The van der Waals surface area contributed by atoms with Crippen LogP contribution in [0.15, 0.2) is 77.7 Å². The molecule has 0 amide bonds. The maximum atomic E-state index is 11.3. The zero-order valence-electron chi connectivity index (χ0n) is 16.0. The number of benzene rings is 3. The van der Waals surface area contributed by atoms with E-state index in [-0.39, 0.29) is 25.2 Å². The quantitative estimate of drug-likeness (QED) is 0.407. The second-order valence-corrected chi connectivity index (χ2v) is 9.45. The Labute approximate surface area is 169 Å². The molecule has 130 valence electrons. The van der Waals surface area contributed by atoms with E-state index in [4.69, 9.17) is 0 Å². The Hall–Kier alpha value is -1.40. The molecule has 3 rings (SSSR count). The first-order valence-electron chi connectivity index (χ1n) is 7.87. The number of aryl methyl sites for hydroxylation is 2. The number of rotatable bonds is 4. The molecule has 3 aromatic rings. The van der Waals surface area contributed by atoms with Crippen molar-refractivity contribution in [3.05, 3.63) is 83.9 Å². The summed E-state index contributed by atoms with van der Waals surface area (Å²) in [6.45, 7) is 4.19. The van der Waals surface area contributed by atoms with Gasteiger partial charge >= 0.3 is 18.9 Å². The van der Waals surface area contributed by atoms with E-state index in [1.165, 1.54) is 33.9 Å². The third-order valence-electron chi connectivity index (χ3n) is 4.11. The van der Waals surface area contributed by atoms with Crippen molar-refractivity contribution in [2.24, 2.45) is 0 Å². The monoisotopic (exact) mass is 378 g/mol. The molecule has 0 aliphatic rings. The normalized spacial score (nSPS) is 11.2. The fourth-order valence-corrected chi connectivity index (χ4v) is 5.87. The van der Waals surface area contributed by atoms with E-state index >= 15 is 0 Å². The van der Waals surface area contributed by atoms with Crippen molar-refractivity contribution in [3.8, 4) is 0 Å². The van der Waals surface area contributed by atoms with Gasteiger partial charge in [0, 0.05) is 0 Å². The van der Waals surface area contributed by atoms with Crippen molar-refractivity contribution < 1.29 is 33.3 Å². The van der Waals surface area contributed by atoms with Crippen molar-refractivity contribution in [2.75, 3.05) is 0 Å². The standard InChI is InChI=1S/C20H19O3PS.Li.H/c1-15-7-3-5-9-19(15)24(20-10-6-4-8-16(20)2)17-11-13-18(14-12-17)25(21,22)23;;/h3-14H,1-2H3,(H,21,22,23);;/q;+1;-1. The number of hydrogen-bond donors (Lipinski definition) is 1. The molecule has 0 radical (unpaired) electrons. The second-order valence-electron chi connectivity index (χ2n) is 5.88. The molecule has 0 heterocycles. The maximum Gasteiger partial charge on any atom is 1.00 e. The Kier molecular flexibility index (Phi) is 6.85. The Morgan fingerprint density at radius 3 is 1.58 bits per heavy atom. The second kappa shape index (κ2) is 8.52. The summed E-state index contributed by atoms with van der Waals surface area (Å²) in [6, 6.07) is 23.1. The molecule has 1 N–H and O–H groups in total. The van der Waals surface area contributed by atoms with Crippen LogP contribution in [0.3, 0.4) is 0 Å². The van der Waals surface area contributed by atoms with Crippen LogP contribution in [0, 0.1) is 13.8 Å². The molecular weight excluding hydrogens is 358 g/mol. The van der Waals surface area contributed by atoms with Gasteiger partial charge in [-0.25, -0.2) is 0 Å². The van der Waals surface area contributed by atoms with Crippen LogP contribution < -0.4 is 34.8 Å². The van der Waals surface area contributed by atoms with E-state index in [1.54, 1.807) is 12.1 Å². The minimum Gasteiger partial charge on any atom is -1.00 e. The van der Waals surface area contributed by atoms with Crippen LogP contribution in [0.1, 0.15) is 12.6 Å². The molecule has 0 spiro atoms. The van der Waals surface area contributed by atoms with Crippen LogP contribution >= 0.6 is 7.92 Å². The molecule has 3 aromatic carbocycles. The SMILES string of the molecule is Cc1ccccc1P(c1ccc(S(=O)(=O)O)cc1)c1ccccc1C.[H-].[Li+]. The molecule has 26 heavy (non-hydrogen) atoms. The average Bonchev–Trinajstić information content (AvgIpc) is 2.58. The van der Waals surface area contributed by atoms with Crippen LogP contribution in [-0.2, 0) is 10.1 Å². The summed E-state index contributed by atoms with van der Waals surface area (Å²) in [4.78, 5) is -0.0826. The molecule has 0 aliphatic carbocycles. The van der Waals surface area contributed by atoms with Gasteiger partial charge in [0.25, 0.3) is 10.1 Å². The Morgan fingerprint density at radius 2 is 1.19 bits per heavy atom. The molecule has 0 bridgehead atoms. The van der Waals surface area contributed by atoms with E-state index in [0.717, 1.165) is 5.30 Å². The first kappa shape index (κ1) is 20.9. The first-order valence-corrected chi connectivity index (χ1v) is 10.6. The molecule has 3 nitrogen and oxygen atoms in total. The van der Waals surface area contributed by atoms with E-state index in [2.05, 4.69) is 38.1 Å². The number of hydrogen-bond acceptors (Lipinski definition) is 2. The van der Waals surface area contributed by atoms with E-state index < -0.39 is 18.0 Å². The van der Waals surface area contributed by atoms with Crippen molar-refractivity contribution in [2.45, 2.75) is 18.7 Å². The molecular formula is C20H20LiO3PS. The predicted molar refractivity (Wildman–Crippen MR) is 106 cm³/mol. The Bertz CT molecular complexity index is 962. The van der Waals surface area contributed by atoms with Crippen LogP contribution in [0.5, 0.6) is 0 Å². The van der Waals surface area contributed by atoms with Gasteiger partial charge in [-0.3, -0.25) is 4.55 Å². The first-order chi connectivity index (χ1) is 11.9. The topological polar surface area (TPSA) is 54.4 Å². The Morgan fingerprint density at radius 1 is 0.769 bits per heavy atom. The molecule has 0 aromatic heterocycles. The van der Waals surface area contributed by atoms with Crippen LogP contribution in [0.4, 0.5) is 0 Å². The molecule has 0 saturated heterocycles. The average molecular weight is 378 g/mol. The molecule has 0 atom stereocenters. The van der Waals surface area contributed by atoms with Gasteiger partial charge in [-0.1, -0.05) is 60.7 Å². The molecule has 6 heteroatoms. The van der Waals surface area contributed by atoms with Crippen LogP contribution in [0.2, 0.25) is 0 Å². The van der Waals surface area contributed by atoms with E-state index in [1.807, 2.05) is 24.3 Å². The van der Waals surface area contributed by atoms with Gasteiger partial charge in [0.1, 0.15) is 0 Å². The van der Waals surface area contributed by atoms with Crippen molar-refractivity contribution >= 4 is 34.0 Å². The van der Waals surface area contributed by atoms with Gasteiger partial charge in [0.15, 0.2) is 0 Å². The van der Waals surface area contributed by atoms with Gasteiger partial charge in [0.2, 0.25) is 0 Å².